The molecule has 2 aromatic heterocycles. The van der Waals surface area contributed by atoms with Gasteiger partial charge in [0.05, 0.1) is 23.4 Å². The molecule has 0 amide bonds. The molecule has 0 bridgehead atoms. The summed E-state index contributed by atoms with van der Waals surface area (Å²) in [6.45, 7) is 6.87. The van der Waals surface area contributed by atoms with Crippen molar-refractivity contribution < 1.29 is 9.13 Å². The number of nitrogens with one attached hydrogen (secondary N) is 1. The van der Waals surface area contributed by atoms with Crippen molar-refractivity contribution in [2.45, 2.75) is 13.8 Å². The predicted octanol–water partition coefficient (Wildman–Crippen LogP) is 3.10. The van der Waals surface area contributed by atoms with Crippen LogP contribution in [-0.2, 0) is 0 Å². The number of pyridine rings is 1. The van der Waals surface area contributed by atoms with Gasteiger partial charge in [-0.05, 0) is 37.1 Å². The van der Waals surface area contributed by atoms with Gasteiger partial charge >= 0.3 is 6.01 Å². The summed E-state index contributed by atoms with van der Waals surface area (Å²) < 4.78 is 21.0. The van der Waals surface area contributed by atoms with Crippen LogP contribution in [0, 0.1) is 19.7 Å². The zero-order chi connectivity index (χ0) is 20.7. The van der Waals surface area contributed by atoms with Crippen LogP contribution in [0.2, 0.25) is 5.02 Å². The van der Waals surface area contributed by atoms with Gasteiger partial charge in [0, 0.05) is 31.6 Å². The van der Waals surface area contributed by atoms with Gasteiger partial charge in [0.2, 0.25) is 0 Å². The fourth-order valence-corrected chi connectivity index (χ4v) is 3.87. The van der Waals surface area contributed by atoms with Gasteiger partial charge in [-0.2, -0.15) is 9.97 Å². The highest BCUT2D eigenvalue weighted by molar-refractivity contribution is 6.34. The van der Waals surface area contributed by atoms with Crippen molar-refractivity contribution in [3.8, 4) is 17.3 Å². The maximum atomic E-state index is 15.8. The molecule has 1 aromatic carbocycles. The molecule has 1 saturated heterocycles. The van der Waals surface area contributed by atoms with Crippen molar-refractivity contribution in [3.63, 3.8) is 0 Å². The number of nitrogens with two attached hydrogens (primary N) is 1. The van der Waals surface area contributed by atoms with Crippen molar-refractivity contribution in [3.05, 3.63) is 34.1 Å². The number of hydrogen-bond acceptors (Lipinski definition) is 7. The van der Waals surface area contributed by atoms with Crippen molar-refractivity contribution >= 4 is 34.1 Å². The number of rotatable bonds is 3. The third kappa shape index (κ3) is 3.42. The van der Waals surface area contributed by atoms with Crippen molar-refractivity contribution in [1.29, 1.82) is 0 Å². The lowest BCUT2D eigenvalue weighted by molar-refractivity contribution is 0.381. The lowest BCUT2D eigenvalue weighted by Crippen LogP contribution is -2.44. The van der Waals surface area contributed by atoms with Gasteiger partial charge in [-0.25, -0.2) is 9.37 Å². The number of hydrogen-bond donors (Lipinski definition) is 2. The minimum absolute atomic E-state index is 0.103. The van der Waals surface area contributed by atoms with Gasteiger partial charge in [0.1, 0.15) is 17.2 Å². The highest BCUT2D eigenvalue weighted by Crippen LogP contribution is 2.39. The summed E-state index contributed by atoms with van der Waals surface area (Å²) in [5.74, 6) is 0.347. The summed E-state index contributed by atoms with van der Waals surface area (Å²) in [7, 11) is 1.46. The highest BCUT2D eigenvalue weighted by Gasteiger charge is 2.24. The Morgan fingerprint density at radius 1 is 1.17 bits per heavy atom. The molecule has 0 aliphatic carbocycles. The molecule has 1 fully saturated rings. The van der Waals surface area contributed by atoms with Crippen LogP contribution >= 0.6 is 11.6 Å². The zero-order valence-corrected chi connectivity index (χ0v) is 17.3. The van der Waals surface area contributed by atoms with Crippen molar-refractivity contribution in [2.24, 2.45) is 0 Å². The molecule has 3 aromatic rings. The standard InChI is InChI=1S/C20H22ClFN6O/c1-10-8-14(23)25-17(11(10)2)15-13(21)9-12-18(16(15)22)26-20(29-3)27-19(12)28-6-4-24-5-7-28/h8-9,24H,4-7H2,1-3H3,(H2,23,25). The highest BCUT2D eigenvalue weighted by atomic mass is 35.5. The first kappa shape index (κ1) is 19.6. The Balaban J connectivity index is 2.01. The van der Waals surface area contributed by atoms with Crippen LogP contribution in [0.1, 0.15) is 11.1 Å². The summed E-state index contributed by atoms with van der Waals surface area (Å²) >= 11 is 6.57. The van der Waals surface area contributed by atoms with Crippen LogP contribution in [0.5, 0.6) is 6.01 Å². The van der Waals surface area contributed by atoms with E-state index in [1.807, 2.05) is 13.8 Å². The summed E-state index contributed by atoms with van der Waals surface area (Å²) in [6.07, 6.45) is 0. The number of aryl methyl sites for hydroxylation is 1. The quantitative estimate of drug-likeness (QED) is 0.678. The van der Waals surface area contributed by atoms with Crippen LogP contribution in [-0.4, -0.2) is 48.2 Å². The second-order valence-corrected chi connectivity index (χ2v) is 7.46. The maximum Gasteiger partial charge on any atom is 0.318 e. The van der Waals surface area contributed by atoms with E-state index in [1.165, 1.54) is 7.11 Å². The van der Waals surface area contributed by atoms with Gasteiger partial charge in [-0.15, -0.1) is 0 Å². The van der Waals surface area contributed by atoms with Crippen LogP contribution in [0.15, 0.2) is 12.1 Å². The number of benzene rings is 1. The van der Waals surface area contributed by atoms with E-state index in [4.69, 9.17) is 22.1 Å². The molecular weight excluding hydrogens is 395 g/mol. The van der Waals surface area contributed by atoms with E-state index >= 15 is 4.39 Å². The molecule has 1 aliphatic heterocycles. The zero-order valence-electron chi connectivity index (χ0n) is 16.5. The van der Waals surface area contributed by atoms with Gasteiger partial charge in [0.15, 0.2) is 5.82 Å². The number of aromatic nitrogens is 3. The summed E-state index contributed by atoms with van der Waals surface area (Å²) in [5, 5.41) is 4.07. The normalized spacial score (nSPS) is 14.4. The lowest BCUT2D eigenvalue weighted by atomic mass is 10.0. The fraction of sp³-hybridized carbons (Fsp3) is 0.350. The molecule has 9 heteroatoms. The van der Waals surface area contributed by atoms with Gasteiger partial charge in [-0.1, -0.05) is 11.6 Å². The number of methoxy groups -OCH3 is 1. The fourth-order valence-electron chi connectivity index (χ4n) is 3.59. The molecule has 0 spiro atoms. The van der Waals surface area contributed by atoms with E-state index in [-0.39, 0.29) is 22.1 Å². The molecule has 3 heterocycles. The molecule has 7 nitrogen and oxygen atoms in total. The maximum absolute atomic E-state index is 15.8. The molecule has 0 atom stereocenters. The summed E-state index contributed by atoms with van der Waals surface area (Å²) in [5.41, 5.74) is 8.36. The Kier molecular flexibility index (Phi) is 5.14. The Bertz CT molecular complexity index is 1100. The average Bonchev–Trinajstić information content (AvgIpc) is 2.71. The molecular formula is C20H22ClFN6O. The number of nitrogen functional groups attached to an aromatic ring is 1. The first-order valence-electron chi connectivity index (χ1n) is 9.34. The third-order valence-corrected chi connectivity index (χ3v) is 5.53. The number of fused-ring (bicyclic) bond motifs is 1. The van der Waals surface area contributed by atoms with E-state index in [0.29, 0.717) is 22.7 Å². The molecule has 3 N–H and O–H groups in total. The Morgan fingerprint density at radius 3 is 2.59 bits per heavy atom. The minimum Gasteiger partial charge on any atom is -0.467 e. The van der Waals surface area contributed by atoms with Crippen LogP contribution in [0.4, 0.5) is 16.0 Å². The minimum atomic E-state index is -0.565. The van der Waals surface area contributed by atoms with E-state index in [2.05, 4.69) is 25.2 Å². The summed E-state index contributed by atoms with van der Waals surface area (Å²) in [6, 6.07) is 3.55. The van der Waals surface area contributed by atoms with Gasteiger partial charge < -0.3 is 20.7 Å². The van der Waals surface area contributed by atoms with Crippen LogP contribution in [0.25, 0.3) is 22.2 Å². The Hall–Kier alpha value is -2.71. The SMILES string of the molecule is COc1nc(N2CCNCC2)c2cc(Cl)c(-c3nc(N)cc(C)c3C)c(F)c2n1. The van der Waals surface area contributed by atoms with Crippen LogP contribution < -0.4 is 20.7 Å². The number of halogens is 2. The predicted molar refractivity (Wildman–Crippen MR) is 113 cm³/mol. The number of piperazine rings is 1. The average molecular weight is 417 g/mol. The van der Waals surface area contributed by atoms with Crippen LogP contribution in [0.3, 0.4) is 0 Å². The Morgan fingerprint density at radius 2 is 1.90 bits per heavy atom. The molecule has 152 valence electrons. The van der Waals surface area contributed by atoms with Gasteiger partial charge in [0.25, 0.3) is 0 Å². The summed E-state index contributed by atoms with van der Waals surface area (Å²) in [4.78, 5) is 15.2. The Labute approximate surface area is 173 Å². The molecule has 0 unspecified atom stereocenters. The van der Waals surface area contributed by atoms with E-state index < -0.39 is 5.82 Å². The second kappa shape index (κ2) is 7.61. The lowest BCUT2D eigenvalue weighted by Gasteiger charge is -2.29. The number of anilines is 2. The molecule has 4 rings (SSSR count). The topological polar surface area (TPSA) is 89.2 Å². The third-order valence-electron chi connectivity index (χ3n) is 5.23. The number of ether oxygens (including phenoxy) is 1. The first-order valence-corrected chi connectivity index (χ1v) is 9.72. The first-order chi connectivity index (χ1) is 13.9. The van der Waals surface area contributed by atoms with E-state index in [9.17, 15) is 0 Å². The largest absolute Gasteiger partial charge is 0.467 e. The molecule has 0 saturated carbocycles. The second-order valence-electron chi connectivity index (χ2n) is 7.05. The smallest absolute Gasteiger partial charge is 0.318 e. The van der Waals surface area contributed by atoms with Crippen molar-refractivity contribution in [1.82, 2.24) is 20.3 Å². The van der Waals surface area contributed by atoms with E-state index in [1.54, 1.807) is 12.1 Å². The van der Waals surface area contributed by atoms with E-state index in [0.717, 1.165) is 37.3 Å². The number of nitrogens with zero attached hydrogens (tertiary/aromatic N) is 4. The van der Waals surface area contributed by atoms with Gasteiger partial charge in [-0.3, -0.25) is 0 Å². The van der Waals surface area contributed by atoms with Crippen molar-refractivity contribution in [2.75, 3.05) is 43.9 Å². The monoisotopic (exact) mass is 416 g/mol. The molecule has 29 heavy (non-hydrogen) atoms. The molecule has 0 radical (unpaired) electrons. The molecule has 1 aliphatic rings.